The molecule has 5 heteroatoms. The zero-order chi connectivity index (χ0) is 7.95. The van der Waals surface area contributed by atoms with Gasteiger partial charge in [-0.25, -0.2) is 0 Å². The molecule has 2 bridgehead atoms. The molecular weight excluding hydrogens is 230 g/mol. The predicted octanol–water partition coefficient (Wildman–Crippen LogP) is 1.31. The zero-order valence-electron chi connectivity index (χ0n) is 6.41. The van der Waals surface area contributed by atoms with E-state index in [1.165, 1.54) is 0 Å². The Morgan fingerprint density at radius 1 is 1.27 bits per heavy atom. The first-order valence-corrected chi connectivity index (χ1v) is 7.48. The van der Waals surface area contributed by atoms with E-state index in [-0.39, 0.29) is 5.41 Å². The van der Waals surface area contributed by atoms with Crippen LogP contribution in [0, 0.1) is 5.41 Å². The summed E-state index contributed by atoms with van der Waals surface area (Å²) in [5.74, 6) is 0. The molecule has 0 N–H and O–H groups in total. The number of fused-ring (bicyclic) bond motifs is 3. The van der Waals surface area contributed by atoms with Gasteiger partial charge in [-0.05, 0) is 0 Å². The molecule has 0 radical (unpaired) electrons. The van der Waals surface area contributed by atoms with E-state index in [2.05, 4.69) is 22.0 Å². The Morgan fingerprint density at radius 2 is 1.73 bits per heavy atom. The predicted molar refractivity (Wildman–Crippen MR) is 43.3 cm³/mol. The molecule has 3 aliphatic rings. The first kappa shape index (κ1) is 8.43. The van der Waals surface area contributed by atoms with Crippen LogP contribution in [0.4, 0.5) is 0 Å². The van der Waals surface area contributed by atoms with Crippen LogP contribution in [-0.2, 0) is 13.6 Å². The molecule has 0 saturated carbocycles. The second-order valence-corrected chi connectivity index (χ2v) is 7.60. The van der Waals surface area contributed by atoms with Crippen LogP contribution < -0.4 is 0 Å². The van der Waals surface area contributed by atoms with Gasteiger partial charge in [-0.3, -0.25) is 0 Å². The Hall–Kier alpha value is 0.829. The van der Waals surface area contributed by atoms with E-state index in [9.17, 15) is 0 Å². The van der Waals surface area contributed by atoms with Gasteiger partial charge in [0.15, 0.2) is 0 Å². The van der Waals surface area contributed by atoms with E-state index in [0.717, 1.165) is 26.2 Å². The van der Waals surface area contributed by atoms with Crippen molar-refractivity contribution in [1.82, 2.24) is 0 Å². The van der Waals surface area contributed by atoms with Gasteiger partial charge in [0.05, 0.1) is 0 Å². The van der Waals surface area contributed by atoms with Crippen molar-refractivity contribution in [3.05, 3.63) is 0 Å². The van der Waals surface area contributed by atoms with Crippen molar-refractivity contribution in [3.63, 3.8) is 0 Å². The van der Waals surface area contributed by atoms with Gasteiger partial charge in [-0.1, -0.05) is 0 Å². The zero-order valence-corrected chi connectivity index (χ0v) is 9.02. The van der Waals surface area contributed by atoms with Gasteiger partial charge in [0.25, 0.3) is 0 Å². The van der Waals surface area contributed by atoms with Gasteiger partial charge in [-0.15, -0.1) is 0 Å². The van der Waals surface area contributed by atoms with E-state index in [1.54, 1.807) is 0 Å². The van der Waals surface area contributed by atoms with Crippen molar-refractivity contribution in [1.29, 1.82) is 0 Å². The molecule has 3 saturated heterocycles. The fourth-order valence-electron chi connectivity index (χ4n) is 1.19. The summed E-state index contributed by atoms with van der Waals surface area (Å²) in [6.45, 7) is 4.53. The topological polar surface area (TPSA) is 27.7 Å². The van der Waals surface area contributed by atoms with E-state index >= 15 is 0 Å². The van der Waals surface area contributed by atoms with Crippen molar-refractivity contribution in [2.75, 3.05) is 19.8 Å². The molecule has 0 atom stereocenters. The summed E-state index contributed by atoms with van der Waals surface area (Å²) in [7, 11) is 0. The second-order valence-electron chi connectivity index (χ2n) is 3.12. The van der Waals surface area contributed by atoms with Crippen LogP contribution in [-0.4, -0.2) is 34.9 Å². The molecule has 3 fully saturated rings. The van der Waals surface area contributed by atoms with Gasteiger partial charge < -0.3 is 0 Å². The maximum absolute atomic E-state index is 5.47. The molecule has 3 aliphatic heterocycles. The maximum atomic E-state index is 5.47. The van der Waals surface area contributed by atoms with Crippen LogP contribution >= 0.6 is 6.19 Å². The van der Waals surface area contributed by atoms with Gasteiger partial charge in [-0.2, -0.15) is 0 Å². The van der Waals surface area contributed by atoms with Crippen LogP contribution in [0.1, 0.15) is 13.3 Å². The van der Waals surface area contributed by atoms with Crippen LogP contribution in [0.2, 0.25) is 0 Å². The van der Waals surface area contributed by atoms with E-state index < -0.39 is 6.19 Å². The average Bonchev–Trinajstić information content (AvgIpc) is 2.07. The summed E-state index contributed by atoms with van der Waals surface area (Å²) in [5, 5.41) is 0. The summed E-state index contributed by atoms with van der Waals surface area (Å²) < 4.78 is 16.4. The molecule has 0 aromatic heterocycles. The second kappa shape index (κ2) is 2.66. The molecular formula is C6H11O3PSe. The van der Waals surface area contributed by atoms with Crippen LogP contribution in [0.3, 0.4) is 0 Å². The quantitative estimate of drug-likeness (QED) is 0.511. The van der Waals surface area contributed by atoms with Crippen LogP contribution in [0.25, 0.3) is 0 Å². The van der Waals surface area contributed by atoms with Crippen molar-refractivity contribution in [3.8, 4) is 0 Å². The third-order valence-electron chi connectivity index (χ3n) is 2.34. The summed E-state index contributed by atoms with van der Waals surface area (Å²) in [5.41, 5.74) is 0.144. The third kappa shape index (κ3) is 1.37. The van der Waals surface area contributed by atoms with Crippen LogP contribution in [0.5, 0.6) is 0 Å². The molecule has 0 aliphatic carbocycles. The monoisotopic (exact) mass is 242 g/mol. The summed E-state index contributed by atoms with van der Waals surface area (Å²) in [4.78, 5) is 0. The third-order valence-corrected chi connectivity index (χ3v) is 5.66. The minimum atomic E-state index is -1.96. The van der Waals surface area contributed by atoms with Crippen molar-refractivity contribution in [2.45, 2.75) is 13.3 Å². The summed E-state index contributed by atoms with van der Waals surface area (Å²) in [6, 6.07) is 0. The Balaban J connectivity index is 2.18. The van der Waals surface area contributed by atoms with Crippen molar-refractivity contribution in [2.24, 2.45) is 5.41 Å². The van der Waals surface area contributed by atoms with E-state index in [0.29, 0.717) is 0 Å². The van der Waals surface area contributed by atoms with E-state index in [4.69, 9.17) is 13.6 Å². The van der Waals surface area contributed by atoms with Crippen molar-refractivity contribution >= 4 is 21.3 Å². The van der Waals surface area contributed by atoms with Gasteiger partial charge in [0.1, 0.15) is 0 Å². The van der Waals surface area contributed by atoms with E-state index in [1.807, 2.05) is 0 Å². The summed E-state index contributed by atoms with van der Waals surface area (Å²) in [6.07, 6.45) is -0.897. The number of hydrogen-bond acceptors (Lipinski definition) is 3. The fraction of sp³-hybridized carbons (Fsp3) is 1.00. The molecule has 3 rings (SSSR count). The molecule has 0 spiro atoms. The molecule has 0 aromatic carbocycles. The molecule has 11 heavy (non-hydrogen) atoms. The Kier molecular flexibility index (Phi) is 2.04. The summed E-state index contributed by atoms with van der Waals surface area (Å²) >= 11 is 2.87. The molecule has 3 nitrogen and oxygen atoms in total. The minimum absolute atomic E-state index is 0.144. The van der Waals surface area contributed by atoms with Gasteiger partial charge in [0, 0.05) is 0 Å². The van der Waals surface area contributed by atoms with Crippen molar-refractivity contribution < 1.29 is 13.6 Å². The van der Waals surface area contributed by atoms with Crippen LogP contribution in [0.15, 0.2) is 0 Å². The standard InChI is InChI=1S/C6H11O3PSe/c1-2-6-3-7-10(11,8-4-6)9-5-6/h2-5H2,1H3. The number of rotatable bonds is 1. The van der Waals surface area contributed by atoms with Gasteiger partial charge >= 0.3 is 73.4 Å². The average molecular weight is 241 g/mol. The molecule has 3 heterocycles. The fourth-order valence-corrected chi connectivity index (χ4v) is 3.71. The molecule has 0 amide bonds. The Morgan fingerprint density at radius 3 is 2.09 bits per heavy atom. The number of hydrogen-bond donors (Lipinski definition) is 0. The molecule has 64 valence electrons. The molecule has 0 aromatic rings. The SMILES string of the molecule is CCC12COP(=[Se])(OC1)OC2. The molecule has 0 unspecified atom stereocenters. The first-order valence-electron chi connectivity index (χ1n) is 3.72. The van der Waals surface area contributed by atoms with Gasteiger partial charge in [0.2, 0.25) is 0 Å². The normalized spacial score (nSPS) is 49.5. The Bertz CT molecular complexity index is 187. The first-order chi connectivity index (χ1) is 5.18. The Labute approximate surface area is 73.9 Å².